The highest BCUT2D eigenvalue weighted by Gasteiger charge is 2.45. The molecule has 0 saturated heterocycles. The number of aromatic nitrogens is 2. The van der Waals surface area contributed by atoms with E-state index < -0.39 is 35.4 Å². The number of aryl methyl sites for hydroxylation is 1. The number of benzene rings is 2. The van der Waals surface area contributed by atoms with Crippen molar-refractivity contribution in [2.75, 3.05) is 0 Å². The second kappa shape index (κ2) is 6.28. The minimum atomic E-state index is -4.87. The largest absolute Gasteiger partial charge is 0.573 e. The van der Waals surface area contributed by atoms with Gasteiger partial charge in [-0.2, -0.15) is 0 Å². The summed E-state index contributed by atoms with van der Waals surface area (Å²) in [6, 6.07) is 7.90. The lowest BCUT2D eigenvalue weighted by atomic mass is 9.86. The minimum Gasteiger partial charge on any atom is -0.485 e. The summed E-state index contributed by atoms with van der Waals surface area (Å²) in [6.07, 6.45) is -6.09. The van der Waals surface area contributed by atoms with Crippen LogP contribution in [0.3, 0.4) is 0 Å². The molecule has 2 heterocycles. The number of alkyl halides is 3. The van der Waals surface area contributed by atoms with E-state index in [1.54, 1.807) is 26.0 Å². The fourth-order valence-corrected chi connectivity index (χ4v) is 3.66. The molecule has 0 amide bonds. The molecule has 0 aliphatic carbocycles. The van der Waals surface area contributed by atoms with Gasteiger partial charge < -0.3 is 14.6 Å². The van der Waals surface area contributed by atoms with Gasteiger partial charge in [0.25, 0.3) is 5.56 Å². The SMILES string of the molecule is Cc1ccc2[nH]n(C3c4cc(OC(F)(F)F)ccc4OC(C)(C)C3O)c(=O)c2c1. The second-order valence-electron chi connectivity index (χ2n) is 7.68. The zero-order chi connectivity index (χ0) is 21.1. The summed E-state index contributed by atoms with van der Waals surface area (Å²) in [4.78, 5) is 13.0. The van der Waals surface area contributed by atoms with Crippen LogP contribution >= 0.6 is 0 Å². The number of ether oxygens (including phenoxy) is 2. The molecular weight excluding hydrogens is 389 g/mol. The Bertz CT molecular complexity index is 1150. The van der Waals surface area contributed by atoms with Gasteiger partial charge in [0.1, 0.15) is 29.2 Å². The van der Waals surface area contributed by atoms with Crippen molar-refractivity contribution in [2.45, 2.75) is 44.9 Å². The van der Waals surface area contributed by atoms with Gasteiger partial charge in [-0.25, -0.2) is 4.68 Å². The van der Waals surface area contributed by atoms with Crippen molar-refractivity contribution in [2.24, 2.45) is 0 Å². The fourth-order valence-electron chi connectivity index (χ4n) is 3.66. The van der Waals surface area contributed by atoms with E-state index in [0.717, 1.165) is 17.7 Å². The Kier molecular flexibility index (Phi) is 4.20. The summed E-state index contributed by atoms with van der Waals surface area (Å²) in [6.45, 7) is 5.13. The molecule has 0 spiro atoms. The van der Waals surface area contributed by atoms with Gasteiger partial charge in [0.2, 0.25) is 0 Å². The first-order valence-corrected chi connectivity index (χ1v) is 8.94. The number of hydrogen-bond donors (Lipinski definition) is 2. The van der Waals surface area contributed by atoms with Crippen LogP contribution in [-0.4, -0.2) is 33.0 Å². The third-order valence-electron chi connectivity index (χ3n) is 5.06. The van der Waals surface area contributed by atoms with Crippen molar-refractivity contribution in [3.63, 3.8) is 0 Å². The zero-order valence-electron chi connectivity index (χ0n) is 15.9. The van der Waals surface area contributed by atoms with Crippen LogP contribution in [0.5, 0.6) is 11.5 Å². The zero-order valence-corrected chi connectivity index (χ0v) is 15.9. The number of H-pyrrole nitrogens is 1. The predicted octanol–water partition coefficient (Wildman–Crippen LogP) is 3.66. The number of aromatic amines is 1. The first-order valence-electron chi connectivity index (χ1n) is 8.94. The van der Waals surface area contributed by atoms with Crippen molar-refractivity contribution in [3.8, 4) is 11.5 Å². The minimum absolute atomic E-state index is 0.212. The molecule has 0 fully saturated rings. The number of aliphatic hydroxyl groups excluding tert-OH is 1. The molecule has 2 atom stereocenters. The van der Waals surface area contributed by atoms with E-state index >= 15 is 0 Å². The Labute approximate surface area is 163 Å². The molecule has 0 bridgehead atoms. The molecule has 2 aromatic carbocycles. The first-order chi connectivity index (χ1) is 13.5. The van der Waals surface area contributed by atoms with Crippen LogP contribution in [0.15, 0.2) is 41.2 Å². The summed E-state index contributed by atoms with van der Waals surface area (Å²) < 4.78 is 49.0. The molecule has 6 nitrogen and oxygen atoms in total. The highest BCUT2D eigenvalue weighted by atomic mass is 19.4. The molecule has 0 saturated carbocycles. The number of hydrogen-bond acceptors (Lipinski definition) is 4. The van der Waals surface area contributed by atoms with Gasteiger partial charge in [-0.1, -0.05) is 11.6 Å². The van der Waals surface area contributed by atoms with E-state index in [1.165, 1.54) is 10.7 Å². The molecule has 29 heavy (non-hydrogen) atoms. The molecular formula is C20H19F3N2O4. The van der Waals surface area contributed by atoms with Gasteiger partial charge in [0, 0.05) is 5.56 Å². The number of nitrogens with one attached hydrogen (secondary N) is 1. The molecule has 4 rings (SSSR count). The van der Waals surface area contributed by atoms with Crippen LogP contribution in [0.1, 0.15) is 31.0 Å². The molecule has 154 valence electrons. The van der Waals surface area contributed by atoms with Crippen molar-refractivity contribution >= 4 is 10.9 Å². The Morgan fingerprint density at radius 1 is 1.21 bits per heavy atom. The summed E-state index contributed by atoms with van der Waals surface area (Å²) in [5.74, 6) is -0.196. The Balaban J connectivity index is 1.92. The standard InChI is InChI=1S/C20H19F3N2O4/c1-10-4-6-14-12(8-10)18(27)25(24-14)16-13-9-11(28-20(21,22)23)5-7-15(13)29-19(2,3)17(16)26/h4-9,16-17,24,26H,1-3H3. The Hall–Kier alpha value is -2.94. The van der Waals surface area contributed by atoms with Crippen LogP contribution in [0, 0.1) is 6.92 Å². The average Bonchev–Trinajstić information content (AvgIpc) is 2.91. The summed E-state index contributed by atoms with van der Waals surface area (Å²) in [7, 11) is 0. The molecule has 3 aromatic rings. The van der Waals surface area contributed by atoms with Crippen molar-refractivity contribution in [3.05, 3.63) is 57.9 Å². The molecule has 1 aliphatic rings. The van der Waals surface area contributed by atoms with E-state index in [1.807, 2.05) is 13.0 Å². The number of aliphatic hydroxyl groups is 1. The lowest BCUT2D eigenvalue weighted by Gasteiger charge is -2.42. The predicted molar refractivity (Wildman–Crippen MR) is 99.3 cm³/mol. The van der Waals surface area contributed by atoms with E-state index in [9.17, 15) is 23.1 Å². The van der Waals surface area contributed by atoms with Crippen molar-refractivity contribution < 1.29 is 27.8 Å². The van der Waals surface area contributed by atoms with Crippen LogP contribution in [0.2, 0.25) is 0 Å². The highest BCUT2D eigenvalue weighted by molar-refractivity contribution is 5.78. The number of fused-ring (bicyclic) bond motifs is 2. The normalized spacial score (nSPS) is 20.9. The van der Waals surface area contributed by atoms with Crippen LogP contribution in [0.4, 0.5) is 13.2 Å². The van der Waals surface area contributed by atoms with Crippen LogP contribution in [0.25, 0.3) is 10.9 Å². The van der Waals surface area contributed by atoms with E-state index in [-0.39, 0.29) is 11.3 Å². The van der Waals surface area contributed by atoms with E-state index in [4.69, 9.17) is 4.74 Å². The molecule has 1 aliphatic heterocycles. The average molecular weight is 408 g/mol. The topological polar surface area (TPSA) is 76.5 Å². The van der Waals surface area contributed by atoms with Crippen molar-refractivity contribution in [1.29, 1.82) is 0 Å². The quantitative estimate of drug-likeness (QED) is 0.679. The van der Waals surface area contributed by atoms with Crippen LogP contribution in [-0.2, 0) is 0 Å². The van der Waals surface area contributed by atoms with Gasteiger partial charge in [0.05, 0.1) is 10.9 Å². The molecule has 2 N–H and O–H groups in total. The molecule has 1 aromatic heterocycles. The smallest absolute Gasteiger partial charge is 0.485 e. The summed E-state index contributed by atoms with van der Waals surface area (Å²) in [5.41, 5.74) is 0.176. The Morgan fingerprint density at radius 3 is 2.62 bits per heavy atom. The molecule has 9 heteroatoms. The lowest BCUT2D eigenvalue weighted by Crippen LogP contribution is -2.52. The highest BCUT2D eigenvalue weighted by Crippen LogP contribution is 2.43. The van der Waals surface area contributed by atoms with Crippen molar-refractivity contribution in [1.82, 2.24) is 9.78 Å². The third-order valence-corrected chi connectivity index (χ3v) is 5.06. The lowest BCUT2D eigenvalue weighted by molar-refractivity contribution is -0.274. The van der Waals surface area contributed by atoms with E-state index in [0.29, 0.717) is 10.9 Å². The van der Waals surface area contributed by atoms with Gasteiger partial charge in [-0.3, -0.25) is 9.89 Å². The summed E-state index contributed by atoms with van der Waals surface area (Å²) >= 11 is 0. The number of nitrogens with zero attached hydrogens (tertiary/aromatic N) is 1. The maximum absolute atomic E-state index is 13.0. The monoisotopic (exact) mass is 408 g/mol. The molecule has 2 unspecified atom stereocenters. The summed E-state index contributed by atoms with van der Waals surface area (Å²) in [5, 5.41) is 14.3. The van der Waals surface area contributed by atoms with Gasteiger partial charge >= 0.3 is 6.36 Å². The van der Waals surface area contributed by atoms with Crippen LogP contribution < -0.4 is 15.0 Å². The second-order valence-corrected chi connectivity index (χ2v) is 7.68. The Morgan fingerprint density at radius 2 is 1.93 bits per heavy atom. The fraction of sp³-hybridized carbons (Fsp3) is 0.350. The number of rotatable bonds is 2. The first kappa shape index (κ1) is 19.4. The number of halogens is 3. The van der Waals surface area contributed by atoms with E-state index in [2.05, 4.69) is 9.84 Å². The van der Waals surface area contributed by atoms with Gasteiger partial charge in [0.15, 0.2) is 0 Å². The molecule has 0 radical (unpaired) electrons. The maximum Gasteiger partial charge on any atom is 0.573 e. The van der Waals surface area contributed by atoms with Gasteiger partial charge in [-0.05, 0) is 51.1 Å². The third kappa shape index (κ3) is 3.35. The van der Waals surface area contributed by atoms with Gasteiger partial charge in [-0.15, -0.1) is 13.2 Å². The maximum atomic E-state index is 13.0.